The molecule has 4 nitrogen and oxygen atoms in total. The Morgan fingerprint density at radius 3 is 2.69 bits per heavy atom. The molecule has 86 valence electrons. The van der Waals surface area contributed by atoms with Gasteiger partial charge in [-0.25, -0.2) is 0 Å². The number of benzene rings is 1. The first kappa shape index (κ1) is 10.8. The highest BCUT2D eigenvalue weighted by Crippen LogP contribution is 2.40. The number of ether oxygens (including phenoxy) is 3. The molecule has 1 atom stereocenters. The summed E-state index contributed by atoms with van der Waals surface area (Å²) in [5.74, 6) is 1.14. The fourth-order valence-electron chi connectivity index (χ4n) is 1.91. The SMILES string of the molecule is COc1cccc(C2CCC(=O)O2)c1OC. The van der Waals surface area contributed by atoms with E-state index in [-0.39, 0.29) is 12.1 Å². The Kier molecular flexibility index (Phi) is 2.99. The highest BCUT2D eigenvalue weighted by atomic mass is 16.6. The zero-order valence-electron chi connectivity index (χ0n) is 9.36. The summed E-state index contributed by atoms with van der Waals surface area (Å²) in [6.07, 6.45) is 0.950. The smallest absolute Gasteiger partial charge is 0.306 e. The standard InChI is InChI=1S/C12H14O4/c1-14-10-5-3-4-8(12(10)15-2)9-6-7-11(13)16-9/h3-5,9H,6-7H2,1-2H3. The summed E-state index contributed by atoms with van der Waals surface area (Å²) >= 11 is 0. The normalized spacial score (nSPS) is 19.4. The number of carbonyl (C=O) groups is 1. The van der Waals surface area contributed by atoms with E-state index in [1.807, 2.05) is 18.2 Å². The molecule has 1 aliphatic heterocycles. The van der Waals surface area contributed by atoms with Gasteiger partial charge in [0.15, 0.2) is 11.5 Å². The largest absolute Gasteiger partial charge is 0.493 e. The average Bonchev–Trinajstić information content (AvgIpc) is 2.74. The molecule has 0 amide bonds. The lowest BCUT2D eigenvalue weighted by Crippen LogP contribution is -2.02. The van der Waals surface area contributed by atoms with Crippen LogP contribution in [0.25, 0.3) is 0 Å². The van der Waals surface area contributed by atoms with Crippen molar-refractivity contribution in [3.05, 3.63) is 23.8 Å². The summed E-state index contributed by atoms with van der Waals surface area (Å²) in [6.45, 7) is 0. The van der Waals surface area contributed by atoms with Crippen LogP contribution in [0.15, 0.2) is 18.2 Å². The predicted octanol–water partition coefficient (Wildman–Crippen LogP) is 2.08. The first-order valence-corrected chi connectivity index (χ1v) is 5.16. The molecular formula is C12H14O4. The summed E-state index contributed by atoms with van der Waals surface area (Å²) in [4.78, 5) is 11.1. The lowest BCUT2D eigenvalue weighted by molar-refractivity contribution is -0.141. The average molecular weight is 222 g/mol. The van der Waals surface area contributed by atoms with Gasteiger partial charge >= 0.3 is 5.97 Å². The second-order valence-electron chi connectivity index (χ2n) is 3.60. The topological polar surface area (TPSA) is 44.8 Å². The van der Waals surface area contributed by atoms with Crippen LogP contribution in [0.2, 0.25) is 0 Å². The molecule has 16 heavy (non-hydrogen) atoms. The van der Waals surface area contributed by atoms with Crippen LogP contribution in [0.3, 0.4) is 0 Å². The van der Waals surface area contributed by atoms with Gasteiger partial charge in [0.2, 0.25) is 0 Å². The molecule has 0 saturated carbocycles. The van der Waals surface area contributed by atoms with Crippen molar-refractivity contribution in [2.24, 2.45) is 0 Å². The molecule has 1 aromatic rings. The molecule has 0 N–H and O–H groups in total. The Morgan fingerprint density at radius 1 is 1.31 bits per heavy atom. The van der Waals surface area contributed by atoms with Crippen LogP contribution in [0.4, 0.5) is 0 Å². The van der Waals surface area contributed by atoms with E-state index in [0.29, 0.717) is 24.3 Å². The van der Waals surface area contributed by atoms with Gasteiger partial charge in [0.05, 0.1) is 14.2 Å². The maximum atomic E-state index is 11.1. The second kappa shape index (κ2) is 4.43. The monoisotopic (exact) mass is 222 g/mol. The van der Waals surface area contributed by atoms with Crippen LogP contribution in [0.1, 0.15) is 24.5 Å². The van der Waals surface area contributed by atoms with Crippen molar-refractivity contribution in [1.82, 2.24) is 0 Å². The van der Waals surface area contributed by atoms with Gasteiger partial charge in [-0.05, 0) is 12.5 Å². The van der Waals surface area contributed by atoms with E-state index in [0.717, 1.165) is 5.56 Å². The van der Waals surface area contributed by atoms with Crippen molar-refractivity contribution >= 4 is 5.97 Å². The van der Waals surface area contributed by atoms with Crippen molar-refractivity contribution in [3.8, 4) is 11.5 Å². The van der Waals surface area contributed by atoms with Crippen LogP contribution < -0.4 is 9.47 Å². The third kappa shape index (κ3) is 1.83. The Hall–Kier alpha value is -1.71. The van der Waals surface area contributed by atoms with E-state index in [4.69, 9.17) is 14.2 Å². The summed E-state index contributed by atoms with van der Waals surface area (Å²) in [6, 6.07) is 5.58. The molecule has 0 aromatic heterocycles. The molecule has 1 aliphatic rings. The Bertz CT molecular complexity index is 400. The quantitative estimate of drug-likeness (QED) is 0.734. The van der Waals surface area contributed by atoms with Gasteiger partial charge in [0.25, 0.3) is 0 Å². The number of para-hydroxylation sites is 1. The van der Waals surface area contributed by atoms with Crippen molar-refractivity contribution in [2.45, 2.75) is 18.9 Å². The fraction of sp³-hybridized carbons (Fsp3) is 0.417. The highest BCUT2D eigenvalue weighted by molar-refractivity contribution is 5.72. The molecule has 0 radical (unpaired) electrons. The van der Waals surface area contributed by atoms with E-state index < -0.39 is 0 Å². The minimum Gasteiger partial charge on any atom is -0.493 e. The van der Waals surface area contributed by atoms with E-state index in [1.165, 1.54) is 0 Å². The Balaban J connectivity index is 2.36. The van der Waals surface area contributed by atoms with Crippen LogP contribution in [-0.2, 0) is 9.53 Å². The van der Waals surface area contributed by atoms with Crippen molar-refractivity contribution < 1.29 is 19.0 Å². The van der Waals surface area contributed by atoms with Crippen molar-refractivity contribution in [3.63, 3.8) is 0 Å². The van der Waals surface area contributed by atoms with Gasteiger partial charge in [-0.1, -0.05) is 12.1 Å². The van der Waals surface area contributed by atoms with Crippen LogP contribution in [0, 0.1) is 0 Å². The number of carbonyl (C=O) groups excluding carboxylic acids is 1. The molecule has 4 heteroatoms. The van der Waals surface area contributed by atoms with E-state index in [1.54, 1.807) is 14.2 Å². The molecule has 1 unspecified atom stereocenters. The van der Waals surface area contributed by atoms with E-state index in [9.17, 15) is 4.79 Å². The minimum absolute atomic E-state index is 0.158. The van der Waals surface area contributed by atoms with Gasteiger partial charge in [-0.3, -0.25) is 4.79 Å². The molecule has 2 rings (SSSR count). The molecule has 1 fully saturated rings. The van der Waals surface area contributed by atoms with Crippen molar-refractivity contribution in [2.75, 3.05) is 14.2 Å². The number of hydrogen-bond acceptors (Lipinski definition) is 4. The number of cyclic esters (lactones) is 1. The summed E-state index contributed by atoms with van der Waals surface area (Å²) in [5, 5.41) is 0. The second-order valence-corrected chi connectivity index (χ2v) is 3.60. The lowest BCUT2D eigenvalue weighted by Gasteiger charge is -2.16. The third-order valence-electron chi connectivity index (χ3n) is 2.66. The highest BCUT2D eigenvalue weighted by Gasteiger charge is 2.28. The zero-order chi connectivity index (χ0) is 11.5. The number of methoxy groups -OCH3 is 2. The first-order chi connectivity index (χ1) is 7.76. The zero-order valence-corrected chi connectivity index (χ0v) is 9.36. The molecule has 1 heterocycles. The van der Waals surface area contributed by atoms with Gasteiger partial charge in [-0.2, -0.15) is 0 Å². The van der Waals surface area contributed by atoms with Crippen molar-refractivity contribution in [1.29, 1.82) is 0 Å². The summed E-state index contributed by atoms with van der Waals surface area (Å²) < 4.78 is 15.7. The summed E-state index contributed by atoms with van der Waals surface area (Å²) in [7, 11) is 3.17. The molecule has 0 spiro atoms. The maximum Gasteiger partial charge on any atom is 0.306 e. The minimum atomic E-state index is -0.211. The molecular weight excluding hydrogens is 208 g/mol. The maximum absolute atomic E-state index is 11.1. The third-order valence-corrected chi connectivity index (χ3v) is 2.66. The van der Waals surface area contributed by atoms with Gasteiger partial charge in [0, 0.05) is 12.0 Å². The van der Waals surface area contributed by atoms with Crippen LogP contribution in [0.5, 0.6) is 11.5 Å². The number of rotatable bonds is 3. The number of esters is 1. The fourth-order valence-corrected chi connectivity index (χ4v) is 1.91. The molecule has 1 saturated heterocycles. The van der Waals surface area contributed by atoms with Crippen LogP contribution >= 0.6 is 0 Å². The van der Waals surface area contributed by atoms with Gasteiger partial charge in [-0.15, -0.1) is 0 Å². The van der Waals surface area contributed by atoms with Gasteiger partial charge in [0.1, 0.15) is 6.10 Å². The number of hydrogen-bond donors (Lipinski definition) is 0. The first-order valence-electron chi connectivity index (χ1n) is 5.16. The van der Waals surface area contributed by atoms with Crippen LogP contribution in [-0.4, -0.2) is 20.2 Å². The molecule has 1 aromatic carbocycles. The van der Waals surface area contributed by atoms with E-state index in [2.05, 4.69) is 0 Å². The lowest BCUT2D eigenvalue weighted by atomic mass is 10.1. The molecule has 0 aliphatic carbocycles. The molecule has 0 bridgehead atoms. The van der Waals surface area contributed by atoms with E-state index >= 15 is 0 Å². The Morgan fingerprint density at radius 2 is 2.12 bits per heavy atom. The Labute approximate surface area is 94.1 Å². The van der Waals surface area contributed by atoms with Gasteiger partial charge < -0.3 is 14.2 Å². The predicted molar refractivity (Wildman–Crippen MR) is 57.6 cm³/mol. The summed E-state index contributed by atoms with van der Waals surface area (Å²) in [5.41, 5.74) is 0.868.